The van der Waals surface area contributed by atoms with E-state index < -0.39 is 12.1 Å². The van der Waals surface area contributed by atoms with Gasteiger partial charge in [-0.1, -0.05) is 60.7 Å². The summed E-state index contributed by atoms with van der Waals surface area (Å²) < 4.78 is 0. The molecule has 2 atom stereocenters. The Labute approximate surface area is 169 Å². The van der Waals surface area contributed by atoms with Gasteiger partial charge in [0.15, 0.2) is 0 Å². The van der Waals surface area contributed by atoms with Crippen LogP contribution in [0.5, 0.6) is 0 Å². The molecule has 1 heterocycles. The molecule has 0 fully saturated rings. The summed E-state index contributed by atoms with van der Waals surface area (Å²) in [5.74, 6) is -0.642. The maximum Gasteiger partial charge on any atom is 0.243 e. The van der Waals surface area contributed by atoms with E-state index >= 15 is 0 Å². The second kappa shape index (κ2) is 10.2. The molecule has 0 aliphatic carbocycles. The summed E-state index contributed by atoms with van der Waals surface area (Å²) in [6.45, 7) is 0.380. The third-order valence-corrected chi connectivity index (χ3v) is 4.56. The van der Waals surface area contributed by atoms with E-state index in [2.05, 4.69) is 20.6 Å². The molecule has 7 nitrogen and oxygen atoms in total. The highest BCUT2D eigenvalue weighted by atomic mass is 16.2. The molecular formula is C22H25N5O2. The van der Waals surface area contributed by atoms with Crippen molar-refractivity contribution in [2.75, 3.05) is 0 Å². The number of aromatic nitrogens is 2. The average Bonchev–Trinajstić information content (AvgIpc) is 3.26. The zero-order valence-electron chi connectivity index (χ0n) is 16.0. The van der Waals surface area contributed by atoms with E-state index in [-0.39, 0.29) is 11.8 Å². The number of benzene rings is 2. The third kappa shape index (κ3) is 6.29. The van der Waals surface area contributed by atoms with Crippen molar-refractivity contribution in [2.24, 2.45) is 5.73 Å². The zero-order chi connectivity index (χ0) is 20.5. The molecule has 2 aromatic carbocycles. The zero-order valence-corrected chi connectivity index (χ0v) is 16.0. The molecule has 0 saturated carbocycles. The molecule has 150 valence electrons. The summed E-state index contributed by atoms with van der Waals surface area (Å²) in [7, 11) is 0. The Morgan fingerprint density at radius 3 is 2.21 bits per heavy atom. The molecule has 7 heteroatoms. The lowest BCUT2D eigenvalue weighted by Crippen LogP contribution is -2.53. The van der Waals surface area contributed by atoms with Gasteiger partial charge >= 0.3 is 0 Å². The van der Waals surface area contributed by atoms with E-state index in [4.69, 9.17) is 5.73 Å². The maximum atomic E-state index is 12.8. The van der Waals surface area contributed by atoms with Gasteiger partial charge in [-0.05, 0) is 17.5 Å². The highest BCUT2D eigenvalue weighted by molar-refractivity contribution is 5.90. The van der Waals surface area contributed by atoms with Gasteiger partial charge in [0.05, 0.1) is 12.4 Å². The third-order valence-electron chi connectivity index (χ3n) is 4.56. The van der Waals surface area contributed by atoms with E-state index in [9.17, 15) is 9.59 Å². The van der Waals surface area contributed by atoms with Crippen LogP contribution in [0.3, 0.4) is 0 Å². The number of rotatable bonds is 9. The number of hydrogen-bond acceptors (Lipinski definition) is 4. The first-order chi connectivity index (χ1) is 14.1. The lowest BCUT2D eigenvalue weighted by Gasteiger charge is -2.20. The van der Waals surface area contributed by atoms with Crippen LogP contribution in [-0.2, 0) is 29.0 Å². The Hall–Kier alpha value is -3.45. The SMILES string of the molecule is N[C@@H](Cc1ccccc1)C(=O)N[C@@H](Cc1cnc[nH]1)C(=O)NCc1ccccc1. The van der Waals surface area contributed by atoms with Crippen LogP contribution >= 0.6 is 0 Å². The normalized spacial score (nSPS) is 12.7. The first-order valence-corrected chi connectivity index (χ1v) is 9.50. The molecule has 3 aromatic rings. The number of imidazole rings is 1. The number of carbonyl (C=O) groups is 2. The van der Waals surface area contributed by atoms with Crippen molar-refractivity contribution in [1.82, 2.24) is 20.6 Å². The number of aromatic amines is 1. The van der Waals surface area contributed by atoms with Crippen LogP contribution in [0.25, 0.3) is 0 Å². The molecule has 3 rings (SSSR count). The van der Waals surface area contributed by atoms with Crippen LogP contribution in [0.15, 0.2) is 73.2 Å². The standard InChI is InChI=1S/C22H25N5O2/c23-19(11-16-7-3-1-4-8-16)21(28)27-20(12-18-14-24-15-26-18)22(29)25-13-17-9-5-2-6-10-17/h1-10,14-15,19-20H,11-13,23H2,(H,24,26)(H,25,29)(H,27,28)/t19-,20-/m0/s1. The topological polar surface area (TPSA) is 113 Å². The molecule has 1 aromatic heterocycles. The van der Waals surface area contributed by atoms with Crippen molar-refractivity contribution < 1.29 is 9.59 Å². The molecule has 29 heavy (non-hydrogen) atoms. The Balaban J connectivity index is 1.62. The molecule has 0 unspecified atom stereocenters. The molecule has 0 bridgehead atoms. The Morgan fingerprint density at radius 2 is 1.59 bits per heavy atom. The number of H-pyrrole nitrogens is 1. The average molecular weight is 391 g/mol. The molecule has 0 aliphatic heterocycles. The van der Waals surface area contributed by atoms with Gasteiger partial charge in [0.2, 0.25) is 11.8 Å². The fraction of sp³-hybridized carbons (Fsp3) is 0.227. The smallest absolute Gasteiger partial charge is 0.243 e. The van der Waals surface area contributed by atoms with Gasteiger partial charge in [0.1, 0.15) is 6.04 Å². The molecule has 0 saturated heterocycles. The largest absolute Gasteiger partial charge is 0.350 e. The number of nitrogens with one attached hydrogen (secondary N) is 3. The van der Waals surface area contributed by atoms with Gasteiger partial charge in [-0.2, -0.15) is 0 Å². The van der Waals surface area contributed by atoms with Crippen molar-refractivity contribution in [3.05, 3.63) is 90.0 Å². The van der Waals surface area contributed by atoms with Gasteiger partial charge in [0.25, 0.3) is 0 Å². The van der Waals surface area contributed by atoms with Crippen molar-refractivity contribution in [3.63, 3.8) is 0 Å². The minimum absolute atomic E-state index is 0.274. The van der Waals surface area contributed by atoms with Crippen LogP contribution in [0, 0.1) is 0 Å². The summed E-state index contributed by atoms with van der Waals surface area (Å²) >= 11 is 0. The molecule has 2 amide bonds. The summed E-state index contributed by atoms with van der Waals surface area (Å²) in [6, 6.07) is 17.6. The minimum atomic E-state index is -0.756. The minimum Gasteiger partial charge on any atom is -0.350 e. The van der Waals surface area contributed by atoms with Gasteiger partial charge < -0.3 is 21.4 Å². The maximum absolute atomic E-state index is 12.8. The molecule has 0 aliphatic rings. The van der Waals surface area contributed by atoms with E-state index in [1.807, 2.05) is 60.7 Å². The lowest BCUT2D eigenvalue weighted by molar-refractivity contribution is -0.129. The first kappa shape index (κ1) is 20.3. The molecular weight excluding hydrogens is 366 g/mol. The highest BCUT2D eigenvalue weighted by Crippen LogP contribution is 2.05. The summed E-state index contributed by atoms with van der Waals surface area (Å²) in [5.41, 5.74) is 8.77. The van der Waals surface area contributed by atoms with Crippen molar-refractivity contribution in [1.29, 1.82) is 0 Å². The first-order valence-electron chi connectivity index (χ1n) is 9.50. The van der Waals surface area contributed by atoms with Gasteiger partial charge in [-0.15, -0.1) is 0 Å². The van der Waals surface area contributed by atoms with Crippen molar-refractivity contribution >= 4 is 11.8 Å². The van der Waals surface area contributed by atoms with Crippen LogP contribution in [0.1, 0.15) is 16.8 Å². The van der Waals surface area contributed by atoms with E-state index in [1.54, 1.807) is 6.20 Å². The van der Waals surface area contributed by atoms with Crippen LogP contribution in [-0.4, -0.2) is 33.9 Å². The summed E-state index contributed by atoms with van der Waals surface area (Å²) in [4.78, 5) is 32.3. The Morgan fingerprint density at radius 1 is 0.931 bits per heavy atom. The number of carbonyl (C=O) groups excluding carboxylic acids is 2. The van der Waals surface area contributed by atoms with Crippen molar-refractivity contribution in [3.8, 4) is 0 Å². The Bertz CT molecular complexity index is 897. The molecule has 5 N–H and O–H groups in total. The quantitative estimate of drug-likeness (QED) is 0.441. The predicted molar refractivity (Wildman–Crippen MR) is 111 cm³/mol. The fourth-order valence-electron chi connectivity index (χ4n) is 2.97. The number of amides is 2. The van der Waals surface area contributed by atoms with Gasteiger partial charge in [-0.3, -0.25) is 9.59 Å². The molecule has 0 spiro atoms. The number of nitrogens with two attached hydrogens (primary N) is 1. The summed E-state index contributed by atoms with van der Waals surface area (Å²) in [5, 5.41) is 5.66. The van der Waals surface area contributed by atoms with E-state index in [0.29, 0.717) is 19.4 Å². The van der Waals surface area contributed by atoms with Crippen molar-refractivity contribution in [2.45, 2.75) is 31.5 Å². The predicted octanol–water partition coefficient (Wildman–Crippen LogP) is 1.32. The number of nitrogens with zero attached hydrogens (tertiary/aromatic N) is 1. The second-order valence-electron chi connectivity index (χ2n) is 6.84. The molecule has 0 radical (unpaired) electrons. The highest BCUT2D eigenvalue weighted by Gasteiger charge is 2.24. The van der Waals surface area contributed by atoms with Gasteiger partial charge in [-0.25, -0.2) is 4.98 Å². The number of hydrogen-bond donors (Lipinski definition) is 4. The second-order valence-corrected chi connectivity index (χ2v) is 6.84. The Kier molecular flexibility index (Phi) is 7.13. The lowest BCUT2D eigenvalue weighted by atomic mass is 10.0. The van der Waals surface area contributed by atoms with Crippen LogP contribution in [0.4, 0.5) is 0 Å². The van der Waals surface area contributed by atoms with E-state index in [1.165, 1.54) is 6.33 Å². The van der Waals surface area contributed by atoms with E-state index in [0.717, 1.165) is 16.8 Å². The van der Waals surface area contributed by atoms with Crippen LogP contribution in [0.2, 0.25) is 0 Å². The van der Waals surface area contributed by atoms with Crippen LogP contribution < -0.4 is 16.4 Å². The van der Waals surface area contributed by atoms with Gasteiger partial charge in [0, 0.05) is 24.9 Å². The summed E-state index contributed by atoms with van der Waals surface area (Å²) in [6.07, 6.45) is 3.87. The fourth-order valence-corrected chi connectivity index (χ4v) is 2.97. The monoisotopic (exact) mass is 391 g/mol.